The van der Waals surface area contributed by atoms with Crippen LogP contribution in [0.15, 0.2) is 24.3 Å². The standard InChI is InChI=1S/C33H65N2O6P/c1-6-8-10-12-14-16-17-19-21-23-25-27-33(37)34-31(30-41-42(38,39)40-29-28-35(3,4)5)32(36)26-24-22-20-18-15-13-11-9-7-2/h12,14,24,26,31-32,36H,6-11,13,15-23,25,27-30H2,1-5H3,(H-,34,37,38,39)/p+1/b14-12-,26-24+. The van der Waals surface area contributed by atoms with Gasteiger partial charge in [-0.05, 0) is 38.5 Å². The number of amides is 1. The van der Waals surface area contributed by atoms with Crippen molar-refractivity contribution in [3.8, 4) is 0 Å². The molecule has 0 aliphatic carbocycles. The van der Waals surface area contributed by atoms with Crippen molar-refractivity contribution in [2.45, 2.75) is 142 Å². The van der Waals surface area contributed by atoms with Gasteiger partial charge in [0.15, 0.2) is 0 Å². The lowest BCUT2D eigenvalue weighted by molar-refractivity contribution is -0.870. The number of quaternary nitrogens is 1. The van der Waals surface area contributed by atoms with Crippen molar-refractivity contribution in [2.24, 2.45) is 0 Å². The molecular formula is C33H66N2O6P+. The van der Waals surface area contributed by atoms with Crippen LogP contribution in [0, 0.1) is 0 Å². The molecule has 3 N–H and O–H groups in total. The highest BCUT2D eigenvalue weighted by molar-refractivity contribution is 7.47. The van der Waals surface area contributed by atoms with Crippen LogP contribution in [0.2, 0.25) is 0 Å². The Bertz CT molecular complexity index is 753. The molecule has 1 amide bonds. The molecule has 3 atom stereocenters. The van der Waals surface area contributed by atoms with Crippen LogP contribution < -0.4 is 5.32 Å². The van der Waals surface area contributed by atoms with Gasteiger partial charge in [0.25, 0.3) is 0 Å². The van der Waals surface area contributed by atoms with Crippen molar-refractivity contribution >= 4 is 13.7 Å². The summed E-state index contributed by atoms with van der Waals surface area (Å²) in [4.78, 5) is 22.8. The van der Waals surface area contributed by atoms with Gasteiger partial charge in [-0.2, -0.15) is 0 Å². The number of phosphoric ester groups is 1. The van der Waals surface area contributed by atoms with Crippen molar-refractivity contribution in [1.29, 1.82) is 0 Å². The summed E-state index contributed by atoms with van der Waals surface area (Å²) in [7, 11) is 1.56. The van der Waals surface area contributed by atoms with E-state index in [4.69, 9.17) is 9.05 Å². The fourth-order valence-electron chi connectivity index (χ4n) is 4.37. The number of aliphatic hydroxyl groups is 1. The van der Waals surface area contributed by atoms with Crippen molar-refractivity contribution in [2.75, 3.05) is 40.9 Å². The summed E-state index contributed by atoms with van der Waals surface area (Å²) >= 11 is 0. The van der Waals surface area contributed by atoms with Gasteiger partial charge in [-0.1, -0.05) is 109 Å². The predicted octanol–water partition coefficient (Wildman–Crippen LogP) is 7.85. The molecule has 0 aromatic heterocycles. The van der Waals surface area contributed by atoms with Crippen LogP contribution in [-0.4, -0.2) is 73.4 Å². The molecule has 0 spiro atoms. The molecule has 0 saturated carbocycles. The zero-order valence-corrected chi connectivity index (χ0v) is 28.6. The zero-order chi connectivity index (χ0) is 31.5. The van der Waals surface area contributed by atoms with E-state index in [2.05, 4.69) is 31.3 Å². The first-order valence-corrected chi connectivity index (χ1v) is 18.2. The minimum Gasteiger partial charge on any atom is -0.387 e. The summed E-state index contributed by atoms with van der Waals surface area (Å²) in [5.41, 5.74) is 0. The van der Waals surface area contributed by atoms with E-state index >= 15 is 0 Å². The van der Waals surface area contributed by atoms with Gasteiger partial charge in [-0.3, -0.25) is 13.8 Å². The highest BCUT2D eigenvalue weighted by Crippen LogP contribution is 2.43. The first-order chi connectivity index (χ1) is 20.0. The molecule has 0 rings (SSSR count). The number of rotatable bonds is 29. The number of hydrogen-bond acceptors (Lipinski definition) is 5. The van der Waals surface area contributed by atoms with Gasteiger partial charge in [0, 0.05) is 6.42 Å². The molecule has 0 heterocycles. The maximum absolute atomic E-state index is 12.7. The van der Waals surface area contributed by atoms with Gasteiger partial charge in [0.05, 0.1) is 39.9 Å². The summed E-state index contributed by atoms with van der Waals surface area (Å²) in [6.45, 7) is 4.70. The van der Waals surface area contributed by atoms with E-state index in [0.29, 0.717) is 17.4 Å². The van der Waals surface area contributed by atoms with Gasteiger partial charge in [-0.15, -0.1) is 0 Å². The highest BCUT2D eigenvalue weighted by atomic mass is 31.2. The van der Waals surface area contributed by atoms with Gasteiger partial charge in [0.2, 0.25) is 5.91 Å². The molecule has 0 aromatic carbocycles. The maximum atomic E-state index is 12.7. The van der Waals surface area contributed by atoms with Crippen LogP contribution in [0.25, 0.3) is 0 Å². The van der Waals surface area contributed by atoms with Crippen molar-refractivity contribution in [3.63, 3.8) is 0 Å². The van der Waals surface area contributed by atoms with Gasteiger partial charge in [-0.25, -0.2) is 4.57 Å². The largest absolute Gasteiger partial charge is 0.472 e. The van der Waals surface area contributed by atoms with Gasteiger partial charge >= 0.3 is 7.82 Å². The number of hydrogen-bond donors (Lipinski definition) is 3. The van der Waals surface area contributed by atoms with E-state index in [1.54, 1.807) is 6.08 Å². The average molecular weight is 618 g/mol. The third-order valence-electron chi connectivity index (χ3n) is 7.17. The number of aliphatic hydroxyl groups excluding tert-OH is 1. The van der Waals surface area contributed by atoms with Crippen LogP contribution in [0.3, 0.4) is 0 Å². The predicted molar refractivity (Wildman–Crippen MR) is 175 cm³/mol. The van der Waals surface area contributed by atoms with Crippen LogP contribution in [0.5, 0.6) is 0 Å². The van der Waals surface area contributed by atoms with E-state index in [-0.39, 0.29) is 19.1 Å². The summed E-state index contributed by atoms with van der Waals surface area (Å²) in [5.74, 6) is -0.194. The smallest absolute Gasteiger partial charge is 0.387 e. The Morgan fingerprint density at radius 3 is 1.90 bits per heavy atom. The first kappa shape index (κ1) is 41.0. The molecule has 0 bridgehead atoms. The second-order valence-electron chi connectivity index (χ2n) is 12.5. The Morgan fingerprint density at radius 1 is 0.786 bits per heavy atom. The topological polar surface area (TPSA) is 105 Å². The summed E-state index contributed by atoms with van der Waals surface area (Å²) in [5, 5.41) is 13.6. The molecule has 0 fully saturated rings. The lowest BCUT2D eigenvalue weighted by Gasteiger charge is -2.25. The summed E-state index contributed by atoms with van der Waals surface area (Å²) < 4.78 is 23.3. The quantitative estimate of drug-likeness (QED) is 0.0342. The van der Waals surface area contributed by atoms with Crippen molar-refractivity contribution in [1.82, 2.24) is 5.32 Å². The molecule has 0 aliphatic rings. The number of unbranched alkanes of at least 4 members (excludes halogenated alkanes) is 14. The molecule has 0 aliphatic heterocycles. The highest BCUT2D eigenvalue weighted by Gasteiger charge is 2.27. The average Bonchev–Trinajstić information content (AvgIpc) is 2.92. The van der Waals surface area contributed by atoms with E-state index in [0.717, 1.165) is 51.4 Å². The Kier molecular flexibility index (Phi) is 25.7. The first-order valence-electron chi connectivity index (χ1n) is 16.7. The van der Waals surface area contributed by atoms with E-state index in [1.807, 2.05) is 27.2 Å². The molecule has 42 heavy (non-hydrogen) atoms. The molecule has 8 nitrogen and oxygen atoms in total. The number of carbonyl (C=O) groups excluding carboxylic acids is 1. The van der Waals surface area contributed by atoms with Crippen molar-refractivity contribution in [3.05, 3.63) is 24.3 Å². The summed E-state index contributed by atoms with van der Waals surface area (Å²) in [6.07, 6.45) is 26.7. The number of phosphoric acid groups is 1. The molecule has 3 unspecified atom stereocenters. The molecule has 0 radical (unpaired) electrons. The minimum absolute atomic E-state index is 0.0599. The van der Waals surface area contributed by atoms with E-state index in [1.165, 1.54) is 57.8 Å². The molecular weight excluding hydrogens is 551 g/mol. The molecule has 9 heteroatoms. The van der Waals surface area contributed by atoms with E-state index in [9.17, 15) is 19.4 Å². The fraction of sp³-hybridized carbons (Fsp3) is 0.848. The normalized spacial score (nSPS) is 15.3. The van der Waals surface area contributed by atoms with Gasteiger partial charge in [0.1, 0.15) is 13.2 Å². The van der Waals surface area contributed by atoms with Crippen LogP contribution in [0.1, 0.15) is 129 Å². The molecule has 0 saturated heterocycles. The van der Waals surface area contributed by atoms with Gasteiger partial charge < -0.3 is 19.8 Å². The Balaban J connectivity index is 4.64. The Morgan fingerprint density at radius 2 is 1.31 bits per heavy atom. The Labute approximate surface area is 258 Å². The van der Waals surface area contributed by atoms with Crippen molar-refractivity contribution < 1.29 is 32.9 Å². The fourth-order valence-corrected chi connectivity index (χ4v) is 5.11. The van der Waals surface area contributed by atoms with E-state index < -0.39 is 20.0 Å². The Hall–Kier alpha value is -1.02. The molecule has 0 aromatic rings. The third kappa shape index (κ3) is 27.8. The lowest BCUT2D eigenvalue weighted by atomic mass is 10.1. The third-order valence-corrected chi connectivity index (χ3v) is 8.15. The summed E-state index contributed by atoms with van der Waals surface area (Å²) in [6, 6.07) is -0.843. The maximum Gasteiger partial charge on any atom is 0.472 e. The number of nitrogens with zero attached hydrogens (tertiary/aromatic N) is 1. The van der Waals surface area contributed by atoms with Crippen LogP contribution in [-0.2, 0) is 18.4 Å². The SMILES string of the molecule is CCCC/C=C\CCCCCCCC(=O)NC(COP(=O)(O)OCC[N+](C)(C)C)C(O)/C=C/CCCCCCCCC. The number of allylic oxidation sites excluding steroid dienone is 3. The van der Waals surface area contributed by atoms with Crippen LogP contribution in [0.4, 0.5) is 0 Å². The number of nitrogens with one attached hydrogen (secondary N) is 1. The second kappa shape index (κ2) is 26.4. The lowest BCUT2D eigenvalue weighted by Crippen LogP contribution is -2.45. The number of carbonyl (C=O) groups is 1. The molecule has 248 valence electrons. The van der Waals surface area contributed by atoms with Crippen LogP contribution >= 0.6 is 7.82 Å². The zero-order valence-electron chi connectivity index (χ0n) is 27.7. The minimum atomic E-state index is -4.32. The second-order valence-corrected chi connectivity index (χ2v) is 14.0. The monoisotopic (exact) mass is 617 g/mol. The number of likely N-dealkylation sites (N-methyl/N-ethyl adjacent to an activating group) is 1.